The van der Waals surface area contributed by atoms with Crippen molar-refractivity contribution >= 4 is 29.9 Å². The van der Waals surface area contributed by atoms with E-state index in [1.165, 1.54) is 25.7 Å². The molecule has 2 aliphatic rings. The van der Waals surface area contributed by atoms with E-state index in [2.05, 4.69) is 40.9 Å². The minimum Gasteiger partial charge on any atom is -0.386 e. The van der Waals surface area contributed by atoms with Crippen molar-refractivity contribution in [3.05, 3.63) is 30.1 Å². The minimum atomic E-state index is -0.593. The van der Waals surface area contributed by atoms with Crippen LogP contribution >= 0.6 is 24.0 Å². The van der Waals surface area contributed by atoms with Gasteiger partial charge in [0.1, 0.15) is 0 Å². The van der Waals surface area contributed by atoms with Gasteiger partial charge in [-0.25, -0.2) is 0 Å². The third-order valence-electron chi connectivity index (χ3n) is 6.65. The largest absolute Gasteiger partial charge is 0.386 e. The minimum absolute atomic E-state index is 0. The number of piperazine rings is 1. The molecule has 1 aliphatic heterocycles. The van der Waals surface area contributed by atoms with Gasteiger partial charge in [0.05, 0.1) is 12.6 Å². The van der Waals surface area contributed by atoms with Gasteiger partial charge in [0.2, 0.25) is 0 Å². The third kappa shape index (κ3) is 7.05. The summed E-state index contributed by atoms with van der Waals surface area (Å²) in [6.45, 7) is 12.3. The summed E-state index contributed by atoms with van der Waals surface area (Å²) in [6, 6.07) is 4.46. The topological polar surface area (TPSA) is 64.0 Å². The Bertz CT molecular complexity index is 626. The first kappa shape index (κ1) is 25.3. The lowest BCUT2D eigenvalue weighted by Gasteiger charge is -2.43. The van der Waals surface area contributed by atoms with Gasteiger partial charge in [-0.1, -0.05) is 13.8 Å². The number of aliphatic imine (C=N–C) groups is 1. The Balaban J connectivity index is 0.00000320. The molecular weight excluding hydrogens is 489 g/mol. The second-order valence-corrected chi connectivity index (χ2v) is 8.83. The van der Waals surface area contributed by atoms with Crippen LogP contribution in [0, 0.1) is 11.8 Å². The first-order valence-corrected chi connectivity index (χ1v) is 11.4. The van der Waals surface area contributed by atoms with Gasteiger partial charge >= 0.3 is 0 Å². The van der Waals surface area contributed by atoms with Crippen LogP contribution in [-0.2, 0) is 0 Å². The maximum Gasteiger partial charge on any atom is 0.194 e. The zero-order chi connectivity index (χ0) is 20.6. The van der Waals surface area contributed by atoms with E-state index in [0.29, 0.717) is 6.54 Å². The standard InChI is InChI=1S/C23H39N5O.HI/c1-4-25-23(26-17-22(29)20-9-11-24-12-10-20)28-15-13-27(14-16-28)21-7-5-19(6-8-21)18(2)3;/h9-12,18-19,21-22,29H,4-8,13-17H2,1-3H3,(H,25,26);1H. The number of pyridine rings is 1. The fraction of sp³-hybridized carbons (Fsp3) is 0.739. The molecule has 1 saturated carbocycles. The highest BCUT2D eigenvalue weighted by Crippen LogP contribution is 2.32. The average molecular weight is 530 g/mol. The molecule has 2 fully saturated rings. The Morgan fingerprint density at radius 3 is 2.33 bits per heavy atom. The van der Waals surface area contributed by atoms with E-state index < -0.39 is 6.10 Å². The second kappa shape index (κ2) is 12.8. The van der Waals surface area contributed by atoms with Crippen molar-refractivity contribution < 1.29 is 5.11 Å². The van der Waals surface area contributed by atoms with Crippen molar-refractivity contribution in [2.45, 2.75) is 58.6 Å². The molecule has 0 bridgehead atoms. The molecule has 1 saturated heterocycles. The molecule has 0 aromatic carbocycles. The summed E-state index contributed by atoms with van der Waals surface area (Å²) in [7, 11) is 0. The monoisotopic (exact) mass is 529 g/mol. The highest BCUT2D eigenvalue weighted by Gasteiger charge is 2.29. The van der Waals surface area contributed by atoms with Gasteiger partial charge in [0, 0.05) is 51.2 Å². The van der Waals surface area contributed by atoms with Gasteiger partial charge in [0.25, 0.3) is 0 Å². The number of nitrogens with zero attached hydrogens (tertiary/aromatic N) is 4. The molecule has 30 heavy (non-hydrogen) atoms. The van der Waals surface area contributed by atoms with E-state index in [4.69, 9.17) is 4.99 Å². The lowest BCUT2D eigenvalue weighted by Crippen LogP contribution is -2.55. The molecule has 2 heterocycles. The quantitative estimate of drug-likeness (QED) is 0.336. The fourth-order valence-electron chi connectivity index (χ4n) is 4.72. The number of hydrogen-bond acceptors (Lipinski definition) is 4. The Hall–Kier alpha value is -0.930. The van der Waals surface area contributed by atoms with Crippen LogP contribution in [0.1, 0.15) is 58.1 Å². The van der Waals surface area contributed by atoms with E-state index in [1.54, 1.807) is 12.4 Å². The van der Waals surface area contributed by atoms with Gasteiger partial charge in [-0.15, -0.1) is 24.0 Å². The molecule has 1 aliphatic carbocycles. The van der Waals surface area contributed by atoms with Gasteiger partial charge in [-0.2, -0.15) is 0 Å². The molecule has 2 N–H and O–H groups in total. The molecule has 1 atom stereocenters. The highest BCUT2D eigenvalue weighted by atomic mass is 127. The number of aliphatic hydroxyl groups is 1. The summed E-state index contributed by atoms with van der Waals surface area (Å²) in [6.07, 6.45) is 8.32. The summed E-state index contributed by atoms with van der Waals surface area (Å²) in [5.41, 5.74) is 0.862. The van der Waals surface area contributed by atoms with E-state index in [1.807, 2.05) is 12.1 Å². The maximum atomic E-state index is 10.4. The van der Waals surface area contributed by atoms with Crippen LogP contribution in [0.15, 0.2) is 29.5 Å². The molecule has 1 aromatic rings. The van der Waals surface area contributed by atoms with Crippen LogP contribution in [0.2, 0.25) is 0 Å². The molecular formula is C23H40IN5O. The van der Waals surface area contributed by atoms with Gasteiger partial charge in [0.15, 0.2) is 5.96 Å². The van der Waals surface area contributed by atoms with Gasteiger partial charge < -0.3 is 15.3 Å². The SMILES string of the molecule is CCNC(=NCC(O)c1ccncc1)N1CCN(C2CCC(C(C)C)CC2)CC1.I. The zero-order valence-corrected chi connectivity index (χ0v) is 21.2. The maximum absolute atomic E-state index is 10.4. The van der Waals surface area contributed by atoms with E-state index in [-0.39, 0.29) is 24.0 Å². The van der Waals surface area contributed by atoms with Crippen LogP contribution < -0.4 is 5.32 Å². The van der Waals surface area contributed by atoms with E-state index in [0.717, 1.165) is 62.1 Å². The van der Waals surface area contributed by atoms with Crippen molar-refractivity contribution in [1.82, 2.24) is 20.1 Å². The first-order valence-electron chi connectivity index (χ1n) is 11.4. The molecule has 7 heteroatoms. The number of hydrogen-bond donors (Lipinski definition) is 2. The molecule has 0 spiro atoms. The molecule has 6 nitrogen and oxygen atoms in total. The number of nitrogens with one attached hydrogen (secondary N) is 1. The van der Waals surface area contributed by atoms with Crippen molar-refractivity contribution in [3.8, 4) is 0 Å². The summed E-state index contributed by atoms with van der Waals surface area (Å²) in [5, 5.41) is 13.8. The number of halogens is 1. The summed E-state index contributed by atoms with van der Waals surface area (Å²) in [5.74, 6) is 2.67. The van der Waals surface area contributed by atoms with E-state index >= 15 is 0 Å². The van der Waals surface area contributed by atoms with Gasteiger partial charge in [-0.3, -0.25) is 14.9 Å². The number of aromatic nitrogens is 1. The second-order valence-electron chi connectivity index (χ2n) is 8.83. The Morgan fingerprint density at radius 1 is 1.13 bits per heavy atom. The third-order valence-corrected chi connectivity index (χ3v) is 6.65. The number of guanidine groups is 1. The van der Waals surface area contributed by atoms with Crippen LogP contribution in [0.3, 0.4) is 0 Å². The predicted molar refractivity (Wildman–Crippen MR) is 134 cm³/mol. The van der Waals surface area contributed by atoms with Crippen molar-refractivity contribution in [2.24, 2.45) is 16.8 Å². The van der Waals surface area contributed by atoms with E-state index in [9.17, 15) is 5.11 Å². The normalized spacial score (nSPS) is 24.4. The van der Waals surface area contributed by atoms with Crippen molar-refractivity contribution in [3.63, 3.8) is 0 Å². The summed E-state index contributed by atoms with van der Waals surface area (Å²) in [4.78, 5) is 13.8. The number of rotatable bonds is 6. The first-order chi connectivity index (χ1) is 14.1. The Kier molecular flexibility index (Phi) is 10.8. The smallest absolute Gasteiger partial charge is 0.194 e. The Morgan fingerprint density at radius 2 is 1.77 bits per heavy atom. The fourth-order valence-corrected chi connectivity index (χ4v) is 4.72. The molecule has 3 rings (SSSR count). The predicted octanol–water partition coefficient (Wildman–Crippen LogP) is 3.53. The summed E-state index contributed by atoms with van der Waals surface area (Å²) < 4.78 is 0. The molecule has 1 aromatic heterocycles. The van der Waals surface area contributed by atoms with Crippen LogP contribution in [0.25, 0.3) is 0 Å². The number of aliphatic hydroxyl groups excluding tert-OH is 1. The highest BCUT2D eigenvalue weighted by molar-refractivity contribution is 14.0. The van der Waals surface area contributed by atoms with Crippen LogP contribution in [-0.4, -0.2) is 71.2 Å². The summed E-state index contributed by atoms with van der Waals surface area (Å²) >= 11 is 0. The zero-order valence-electron chi connectivity index (χ0n) is 18.8. The van der Waals surface area contributed by atoms with Crippen LogP contribution in [0.5, 0.6) is 0 Å². The Labute approximate surface area is 199 Å². The van der Waals surface area contributed by atoms with Gasteiger partial charge in [-0.05, 0) is 62.1 Å². The molecule has 0 radical (unpaired) electrons. The average Bonchev–Trinajstić information content (AvgIpc) is 2.77. The lowest BCUT2D eigenvalue weighted by atomic mass is 9.79. The van der Waals surface area contributed by atoms with Crippen molar-refractivity contribution in [2.75, 3.05) is 39.3 Å². The molecule has 0 amide bonds. The van der Waals surface area contributed by atoms with Crippen molar-refractivity contribution in [1.29, 1.82) is 0 Å². The molecule has 1 unspecified atom stereocenters. The van der Waals surface area contributed by atoms with Crippen LogP contribution in [0.4, 0.5) is 0 Å². The molecule has 170 valence electrons. The lowest BCUT2D eigenvalue weighted by molar-refractivity contribution is 0.0862.